The minimum atomic E-state index is 0.685. The second-order valence-corrected chi connectivity index (χ2v) is 6.20. The molecule has 1 heterocycles. The van der Waals surface area contributed by atoms with Gasteiger partial charge in [0.2, 0.25) is 0 Å². The molecule has 0 bridgehead atoms. The second kappa shape index (κ2) is 8.20. The summed E-state index contributed by atoms with van der Waals surface area (Å²) in [6, 6.07) is 7.77. The van der Waals surface area contributed by atoms with E-state index < -0.39 is 0 Å². The lowest BCUT2D eigenvalue weighted by Gasteiger charge is -2.27. The van der Waals surface area contributed by atoms with Crippen LogP contribution < -0.4 is 20.3 Å². The largest absolute Gasteiger partial charge is 0.497 e. The molecular weight excluding hydrogens is 282 g/mol. The van der Waals surface area contributed by atoms with E-state index in [1.807, 2.05) is 24.3 Å². The third-order valence-electron chi connectivity index (χ3n) is 4.09. The normalized spacial score (nSPS) is 21.6. The molecule has 1 aliphatic rings. The van der Waals surface area contributed by atoms with Crippen LogP contribution in [0, 0.1) is 5.92 Å². The maximum atomic E-state index is 5.32. The zero-order chi connectivity index (χ0) is 15.1. The van der Waals surface area contributed by atoms with Gasteiger partial charge in [-0.05, 0) is 55.2 Å². The molecule has 1 fully saturated rings. The molecule has 2 rings (SSSR count). The molecule has 116 valence electrons. The molecule has 0 spiro atoms. The molecule has 1 aliphatic heterocycles. The Morgan fingerprint density at radius 1 is 1.29 bits per heavy atom. The first-order chi connectivity index (χ1) is 10.2. The van der Waals surface area contributed by atoms with Crippen LogP contribution in [0.3, 0.4) is 0 Å². The number of thiocarbonyl (C=S) groups is 1. The number of quaternary nitrogens is 1. The van der Waals surface area contributed by atoms with Crippen LogP contribution in [0.2, 0.25) is 0 Å². The molecule has 1 aromatic carbocycles. The number of ether oxygens (including phenoxy) is 1. The lowest BCUT2D eigenvalue weighted by atomic mass is 9.99. The molecule has 5 heteroatoms. The number of likely N-dealkylation sites (tertiary alicyclic amines) is 1. The molecular formula is C16H26N3OS+. The molecule has 4 nitrogen and oxygen atoms in total. The van der Waals surface area contributed by atoms with Gasteiger partial charge in [0, 0.05) is 5.69 Å². The van der Waals surface area contributed by atoms with Gasteiger partial charge in [-0.25, -0.2) is 0 Å². The molecule has 0 atom stereocenters. The maximum absolute atomic E-state index is 5.32. The van der Waals surface area contributed by atoms with Crippen LogP contribution in [0.5, 0.6) is 5.75 Å². The Morgan fingerprint density at radius 3 is 2.57 bits per heavy atom. The number of nitrogens with one attached hydrogen (secondary N) is 3. The Hall–Kier alpha value is -1.33. The van der Waals surface area contributed by atoms with Gasteiger partial charge in [0.15, 0.2) is 5.11 Å². The standard InChI is InChI=1S/C16H25N3OS/c1-13-7-10-19(11-8-13)12-9-17-16(21)18-14-3-5-15(20-2)6-4-14/h3-6,13H,7-12H2,1-2H3,(H2,17,18,21)/p+1. The van der Waals surface area contributed by atoms with Gasteiger partial charge in [0.1, 0.15) is 5.75 Å². The molecule has 0 unspecified atom stereocenters. The number of methoxy groups -OCH3 is 1. The summed E-state index contributed by atoms with van der Waals surface area (Å²) < 4.78 is 5.13. The lowest BCUT2D eigenvalue weighted by molar-refractivity contribution is -0.904. The summed E-state index contributed by atoms with van der Waals surface area (Å²) in [4.78, 5) is 1.69. The molecule has 0 aromatic heterocycles. The number of piperidine rings is 1. The maximum Gasteiger partial charge on any atom is 0.170 e. The fourth-order valence-corrected chi connectivity index (χ4v) is 2.84. The molecule has 21 heavy (non-hydrogen) atoms. The van der Waals surface area contributed by atoms with Crippen molar-refractivity contribution in [2.75, 3.05) is 38.6 Å². The quantitative estimate of drug-likeness (QED) is 0.717. The van der Waals surface area contributed by atoms with E-state index in [0.29, 0.717) is 5.11 Å². The van der Waals surface area contributed by atoms with Crippen molar-refractivity contribution in [1.82, 2.24) is 5.32 Å². The van der Waals surface area contributed by atoms with Crippen LogP contribution in [0.4, 0.5) is 5.69 Å². The van der Waals surface area contributed by atoms with E-state index in [1.165, 1.54) is 25.9 Å². The highest BCUT2D eigenvalue weighted by Gasteiger charge is 2.18. The van der Waals surface area contributed by atoms with Gasteiger partial charge in [-0.15, -0.1) is 0 Å². The summed E-state index contributed by atoms with van der Waals surface area (Å²) in [7, 11) is 1.66. The average Bonchev–Trinajstić information content (AvgIpc) is 2.50. The Labute approximate surface area is 132 Å². The average molecular weight is 308 g/mol. The highest BCUT2D eigenvalue weighted by Crippen LogP contribution is 2.14. The van der Waals surface area contributed by atoms with E-state index in [-0.39, 0.29) is 0 Å². The molecule has 0 aliphatic carbocycles. The molecule has 0 radical (unpaired) electrons. The van der Waals surface area contributed by atoms with Gasteiger partial charge >= 0.3 is 0 Å². The van der Waals surface area contributed by atoms with Crippen molar-refractivity contribution in [2.24, 2.45) is 5.92 Å². The van der Waals surface area contributed by atoms with Crippen molar-refractivity contribution in [3.05, 3.63) is 24.3 Å². The highest BCUT2D eigenvalue weighted by atomic mass is 32.1. The van der Waals surface area contributed by atoms with Crippen molar-refractivity contribution in [1.29, 1.82) is 0 Å². The Balaban J connectivity index is 1.65. The molecule has 0 amide bonds. The van der Waals surface area contributed by atoms with E-state index in [0.717, 1.165) is 30.4 Å². The lowest BCUT2D eigenvalue weighted by Crippen LogP contribution is -3.13. The molecule has 1 saturated heterocycles. The Bertz CT molecular complexity index is 441. The third-order valence-corrected chi connectivity index (χ3v) is 4.34. The van der Waals surface area contributed by atoms with Gasteiger partial charge in [-0.2, -0.15) is 0 Å². The van der Waals surface area contributed by atoms with E-state index in [2.05, 4.69) is 17.6 Å². The molecule has 1 aromatic rings. The summed E-state index contributed by atoms with van der Waals surface area (Å²) in [5, 5.41) is 7.17. The number of anilines is 1. The topological polar surface area (TPSA) is 37.7 Å². The number of hydrogen-bond acceptors (Lipinski definition) is 2. The van der Waals surface area contributed by atoms with Crippen LogP contribution in [0.1, 0.15) is 19.8 Å². The summed E-state index contributed by atoms with van der Waals surface area (Å²) in [6.45, 7) is 6.99. The van der Waals surface area contributed by atoms with Crippen molar-refractivity contribution >= 4 is 23.0 Å². The van der Waals surface area contributed by atoms with Gasteiger partial charge in [-0.1, -0.05) is 6.92 Å². The van der Waals surface area contributed by atoms with Crippen molar-refractivity contribution in [3.8, 4) is 5.75 Å². The van der Waals surface area contributed by atoms with Gasteiger partial charge in [-0.3, -0.25) is 0 Å². The van der Waals surface area contributed by atoms with Crippen molar-refractivity contribution in [2.45, 2.75) is 19.8 Å². The molecule has 0 saturated carbocycles. The van der Waals surface area contributed by atoms with Crippen LogP contribution in [0.15, 0.2) is 24.3 Å². The molecule has 3 N–H and O–H groups in total. The van der Waals surface area contributed by atoms with Gasteiger partial charge in [0.05, 0.1) is 33.3 Å². The zero-order valence-corrected chi connectivity index (χ0v) is 13.8. The Morgan fingerprint density at radius 2 is 1.95 bits per heavy atom. The van der Waals surface area contributed by atoms with Crippen LogP contribution >= 0.6 is 12.2 Å². The number of rotatable bonds is 5. The predicted molar refractivity (Wildman–Crippen MR) is 91.2 cm³/mol. The van der Waals surface area contributed by atoms with Crippen LogP contribution in [-0.4, -0.2) is 38.4 Å². The predicted octanol–water partition coefficient (Wildman–Crippen LogP) is 1.30. The van der Waals surface area contributed by atoms with Gasteiger partial charge < -0.3 is 20.3 Å². The van der Waals surface area contributed by atoms with Crippen molar-refractivity contribution in [3.63, 3.8) is 0 Å². The smallest absolute Gasteiger partial charge is 0.170 e. The zero-order valence-electron chi connectivity index (χ0n) is 12.9. The summed E-state index contributed by atoms with van der Waals surface area (Å²) in [5.74, 6) is 1.75. The third kappa shape index (κ3) is 5.52. The van der Waals surface area contributed by atoms with Crippen LogP contribution in [0.25, 0.3) is 0 Å². The second-order valence-electron chi connectivity index (χ2n) is 5.79. The first-order valence-electron chi connectivity index (χ1n) is 7.70. The van der Waals surface area contributed by atoms with E-state index >= 15 is 0 Å². The first-order valence-corrected chi connectivity index (χ1v) is 8.10. The minimum absolute atomic E-state index is 0.685. The highest BCUT2D eigenvalue weighted by molar-refractivity contribution is 7.80. The van der Waals surface area contributed by atoms with E-state index in [1.54, 1.807) is 12.0 Å². The first kappa shape index (κ1) is 16.0. The van der Waals surface area contributed by atoms with Crippen LogP contribution in [-0.2, 0) is 0 Å². The summed E-state index contributed by atoms with van der Waals surface area (Å²) >= 11 is 5.32. The Kier molecular flexibility index (Phi) is 6.26. The monoisotopic (exact) mass is 308 g/mol. The minimum Gasteiger partial charge on any atom is -0.497 e. The number of hydrogen-bond donors (Lipinski definition) is 3. The van der Waals surface area contributed by atoms with Crippen molar-refractivity contribution < 1.29 is 9.64 Å². The fraction of sp³-hybridized carbons (Fsp3) is 0.562. The number of benzene rings is 1. The van der Waals surface area contributed by atoms with E-state index in [9.17, 15) is 0 Å². The fourth-order valence-electron chi connectivity index (χ4n) is 2.62. The SMILES string of the molecule is COc1ccc(NC(=S)NCC[NH+]2CCC(C)CC2)cc1. The summed E-state index contributed by atoms with van der Waals surface area (Å²) in [6.07, 6.45) is 2.70. The van der Waals surface area contributed by atoms with E-state index in [4.69, 9.17) is 17.0 Å². The summed E-state index contributed by atoms with van der Waals surface area (Å²) in [5.41, 5.74) is 0.979. The van der Waals surface area contributed by atoms with Gasteiger partial charge in [0.25, 0.3) is 0 Å².